The first-order valence-corrected chi connectivity index (χ1v) is 8.21. The summed E-state index contributed by atoms with van der Waals surface area (Å²) in [7, 11) is 0. The smallest absolute Gasteiger partial charge is 0.107 e. The van der Waals surface area contributed by atoms with E-state index in [1.54, 1.807) is 0 Å². The first-order chi connectivity index (χ1) is 10.0. The van der Waals surface area contributed by atoms with Crippen molar-refractivity contribution in [2.24, 2.45) is 11.7 Å². The minimum absolute atomic E-state index is 0.454. The van der Waals surface area contributed by atoms with Gasteiger partial charge in [-0.25, -0.2) is 0 Å². The van der Waals surface area contributed by atoms with Gasteiger partial charge in [-0.05, 0) is 38.7 Å². The van der Waals surface area contributed by atoms with E-state index in [4.69, 9.17) is 18.0 Å². The van der Waals surface area contributed by atoms with Crippen molar-refractivity contribution in [2.45, 2.75) is 26.7 Å². The van der Waals surface area contributed by atoms with Crippen LogP contribution in [0.1, 0.15) is 29.8 Å². The van der Waals surface area contributed by atoms with Crippen molar-refractivity contribution in [1.82, 2.24) is 9.88 Å². The maximum Gasteiger partial charge on any atom is 0.107 e. The summed E-state index contributed by atoms with van der Waals surface area (Å²) in [5.74, 6) is 0.967. The third kappa shape index (κ3) is 3.35. The highest BCUT2D eigenvalue weighted by atomic mass is 32.1. The van der Waals surface area contributed by atoms with Crippen LogP contribution >= 0.6 is 12.2 Å². The summed E-state index contributed by atoms with van der Waals surface area (Å²) in [5, 5.41) is 0. The number of hydrogen-bond acceptors (Lipinski definition) is 4. The Balaban J connectivity index is 1.76. The average Bonchev–Trinajstić information content (AvgIpc) is 3.22. The molecular formula is C16H24N4S. The zero-order chi connectivity index (χ0) is 15.0. The molecule has 4 nitrogen and oxygen atoms in total. The fourth-order valence-corrected chi connectivity index (χ4v) is 3.45. The number of thiocarbonyl (C=S) groups is 1. The molecule has 1 aliphatic carbocycles. The summed E-state index contributed by atoms with van der Waals surface area (Å²) in [6, 6.07) is 2.12. The SMILES string of the molecule is Cc1cc(N2CCN(CC3CC3)CC2)c(C(N)=S)c(C)n1. The van der Waals surface area contributed by atoms with Crippen LogP contribution in [-0.2, 0) is 0 Å². The Kier molecular flexibility index (Phi) is 4.13. The predicted octanol–water partition coefficient (Wildman–Crippen LogP) is 1.86. The van der Waals surface area contributed by atoms with Gasteiger partial charge in [-0.3, -0.25) is 9.88 Å². The summed E-state index contributed by atoms with van der Waals surface area (Å²) in [6.45, 7) is 9.67. The van der Waals surface area contributed by atoms with Gasteiger partial charge < -0.3 is 10.6 Å². The zero-order valence-corrected chi connectivity index (χ0v) is 13.7. The van der Waals surface area contributed by atoms with E-state index in [1.165, 1.54) is 25.1 Å². The van der Waals surface area contributed by atoms with Crippen LogP contribution in [0, 0.1) is 19.8 Å². The third-order valence-corrected chi connectivity index (χ3v) is 4.68. The minimum atomic E-state index is 0.454. The van der Waals surface area contributed by atoms with Crippen molar-refractivity contribution >= 4 is 22.9 Å². The number of nitrogens with two attached hydrogens (primary N) is 1. The second-order valence-corrected chi connectivity index (χ2v) is 6.78. The van der Waals surface area contributed by atoms with E-state index in [9.17, 15) is 0 Å². The second kappa shape index (κ2) is 5.89. The number of anilines is 1. The van der Waals surface area contributed by atoms with Crippen molar-refractivity contribution in [1.29, 1.82) is 0 Å². The number of rotatable bonds is 4. The molecule has 1 saturated carbocycles. The van der Waals surface area contributed by atoms with Crippen LogP contribution in [0.15, 0.2) is 6.07 Å². The summed E-state index contributed by atoms with van der Waals surface area (Å²) in [5.41, 5.74) is 10.0. The molecular weight excluding hydrogens is 280 g/mol. The average molecular weight is 304 g/mol. The largest absolute Gasteiger partial charge is 0.389 e. The van der Waals surface area contributed by atoms with Gasteiger partial charge in [0.2, 0.25) is 0 Å². The van der Waals surface area contributed by atoms with Gasteiger partial charge in [0.25, 0.3) is 0 Å². The standard InChI is InChI=1S/C16H24N4S/c1-11-9-14(15(16(17)21)12(2)18-11)20-7-5-19(6-8-20)10-13-3-4-13/h9,13H,3-8,10H2,1-2H3,(H2,17,21). The molecule has 3 rings (SSSR count). The third-order valence-electron chi connectivity index (χ3n) is 4.48. The van der Waals surface area contributed by atoms with Crippen LogP contribution in [0.4, 0.5) is 5.69 Å². The van der Waals surface area contributed by atoms with Gasteiger partial charge in [0.05, 0.1) is 11.3 Å². The Morgan fingerprint density at radius 1 is 1.29 bits per heavy atom. The molecule has 1 saturated heterocycles. The Hall–Kier alpha value is -1.20. The van der Waals surface area contributed by atoms with Crippen molar-refractivity contribution in [3.05, 3.63) is 23.0 Å². The molecule has 0 atom stereocenters. The predicted molar refractivity (Wildman–Crippen MR) is 91.0 cm³/mol. The topological polar surface area (TPSA) is 45.4 Å². The monoisotopic (exact) mass is 304 g/mol. The fraction of sp³-hybridized carbons (Fsp3) is 0.625. The van der Waals surface area contributed by atoms with Gasteiger partial charge in [-0.1, -0.05) is 12.2 Å². The molecule has 0 radical (unpaired) electrons. The number of aryl methyl sites for hydroxylation is 2. The minimum Gasteiger partial charge on any atom is -0.389 e. The lowest BCUT2D eigenvalue weighted by atomic mass is 10.1. The van der Waals surface area contributed by atoms with E-state index in [0.717, 1.165) is 49.0 Å². The zero-order valence-electron chi connectivity index (χ0n) is 12.9. The fourth-order valence-electron chi connectivity index (χ4n) is 3.20. The molecule has 0 unspecified atom stereocenters. The molecule has 1 aliphatic heterocycles. The van der Waals surface area contributed by atoms with Gasteiger partial charge in [-0.2, -0.15) is 0 Å². The Bertz CT molecular complexity index is 545. The van der Waals surface area contributed by atoms with Crippen LogP contribution in [0.25, 0.3) is 0 Å². The van der Waals surface area contributed by atoms with Crippen LogP contribution in [0.2, 0.25) is 0 Å². The van der Waals surface area contributed by atoms with Crippen LogP contribution in [-0.4, -0.2) is 47.6 Å². The van der Waals surface area contributed by atoms with E-state index in [2.05, 4.69) is 20.9 Å². The molecule has 2 heterocycles. The molecule has 114 valence electrons. The van der Waals surface area contributed by atoms with Crippen molar-refractivity contribution < 1.29 is 0 Å². The normalized spacial score (nSPS) is 19.8. The molecule has 2 fully saturated rings. The van der Waals surface area contributed by atoms with Crippen molar-refractivity contribution in [3.63, 3.8) is 0 Å². The van der Waals surface area contributed by atoms with E-state index >= 15 is 0 Å². The highest BCUT2D eigenvalue weighted by Crippen LogP contribution is 2.31. The summed E-state index contributed by atoms with van der Waals surface area (Å²) >= 11 is 5.24. The van der Waals surface area contributed by atoms with E-state index in [-0.39, 0.29) is 0 Å². The molecule has 0 amide bonds. The molecule has 0 spiro atoms. The van der Waals surface area contributed by atoms with Crippen LogP contribution < -0.4 is 10.6 Å². The van der Waals surface area contributed by atoms with Gasteiger partial charge >= 0.3 is 0 Å². The Morgan fingerprint density at radius 2 is 1.95 bits per heavy atom. The number of piperazine rings is 1. The van der Waals surface area contributed by atoms with Gasteiger partial charge in [0.15, 0.2) is 0 Å². The van der Waals surface area contributed by atoms with E-state index in [0.29, 0.717) is 4.99 Å². The van der Waals surface area contributed by atoms with Gasteiger partial charge in [0.1, 0.15) is 4.99 Å². The molecule has 0 bridgehead atoms. The van der Waals surface area contributed by atoms with Crippen molar-refractivity contribution in [3.8, 4) is 0 Å². The summed E-state index contributed by atoms with van der Waals surface area (Å²) in [4.78, 5) is 9.97. The number of pyridine rings is 1. The molecule has 5 heteroatoms. The molecule has 21 heavy (non-hydrogen) atoms. The number of hydrogen-bond donors (Lipinski definition) is 1. The first kappa shape index (κ1) is 14.7. The molecule has 1 aromatic heterocycles. The Morgan fingerprint density at radius 3 is 2.52 bits per heavy atom. The lowest BCUT2D eigenvalue weighted by Gasteiger charge is -2.37. The number of aromatic nitrogens is 1. The van der Waals surface area contributed by atoms with Gasteiger partial charge in [-0.15, -0.1) is 0 Å². The number of nitrogens with zero attached hydrogens (tertiary/aromatic N) is 3. The lowest BCUT2D eigenvalue weighted by Crippen LogP contribution is -2.47. The summed E-state index contributed by atoms with van der Waals surface area (Å²) in [6.07, 6.45) is 2.85. The molecule has 1 aromatic rings. The van der Waals surface area contributed by atoms with Crippen LogP contribution in [0.3, 0.4) is 0 Å². The lowest BCUT2D eigenvalue weighted by molar-refractivity contribution is 0.248. The Labute approximate surface area is 132 Å². The summed E-state index contributed by atoms with van der Waals surface area (Å²) < 4.78 is 0. The first-order valence-electron chi connectivity index (χ1n) is 7.80. The maximum absolute atomic E-state index is 5.93. The molecule has 0 aromatic carbocycles. The van der Waals surface area contributed by atoms with E-state index < -0.39 is 0 Å². The van der Waals surface area contributed by atoms with Crippen LogP contribution in [0.5, 0.6) is 0 Å². The highest BCUT2D eigenvalue weighted by Gasteiger charge is 2.27. The quantitative estimate of drug-likeness (QED) is 0.860. The van der Waals surface area contributed by atoms with Gasteiger partial charge in [0, 0.05) is 44.1 Å². The van der Waals surface area contributed by atoms with Crippen molar-refractivity contribution in [2.75, 3.05) is 37.6 Å². The molecule has 2 aliphatic rings. The highest BCUT2D eigenvalue weighted by molar-refractivity contribution is 7.80. The molecule has 2 N–H and O–H groups in total. The van der Waals surface area contributed by atoms with E-state index in [1.807, 2.05) is 13.8 Å². The maximum atomic E-state index is 5.93. The second-order valence-electron chi connectivity index (χ2n) is 6.34.